The summed E-state index contributed by atoms with van der Waals surface area (Å²) in [6.45, 7) is 2.37. The monoisotopic (exact) mass is 381 g/mol. The first-order valence-corrected chi connectivity index (χ1v) is 7.99. The molecule has 0 spiro atoms. The van der Waals surface area contributed by atoms with Gasteiger partial charge in [0.1, 0.15) is 11.8 Å². The van der Waals surface area contributed by atoms with Gasteiger partial charge in [-0.15, -0.1) is 12.4 Å². The fourth-order valence-electron chi connectivity index (χ4n) is 2.31. The number of rotatable bonds is 8. The Hall–Kier alpha value is -2.58. The molecule has 0 saturated heterocycles. The molecule has 0 fully saturated rings. The molecule has 1 aromatic carbocycles. The number of aromatic nitrogens is 2. The number of hydrogen-bond donors (Lipinski definition) is 3. The number of halogens is 1. The Morgan fingerprint density at radius 1 is 1.27 bits per heavy atom. The third kappa shape index (κ3) is 6.05. The average Bonchev–Trinajstić information content (AvgIpc) is 3.02. The molecule has 2 amide bonds. The lowest BCUT2D eigenvalue weighted by atomic mass is 10.1. The number of amides is 2. The van der Waals surface area contributed by atoms with Crippen LogP contribution in [0, 0.1) is 0 Å². The molecule has 8 nitrogen and oxygen atoms in total. The van der Waals surface area contributed by atoms with Gasteiger partial charge in [0.25, 0.3) is 0 Å². The number of hydrogen-bond acceptors (Lipinski definition) is 5. The zero-order chi connectivity index (χ0) is 18.2. The van der Waals surface area contributed by atoms with E-state index in [9.17, 15) is 9.59 Å². The molecule has 26 heavy (non-hydrogen) atoms. The van der Waals surface area contributed by atoms with Crippen molar-refractivity contribution < 1.29 is 14.3 Å². The molecule has 3 N–H and O–H groups in total. The molecular formula is C17H24ClN5O3. The molecule has 0 aliphatic carbocycles. The molecular weight excluding hydrogens is 358 g/mol. The Morgan fingerprint density at radius 2 is 1.96 bits per heavy atom. The molecule has 1 unspecified atom stereocenters. The molecule has 0 aliphatic rings. The number of carbonyl (C=O) groups is 2. The van der Waals surface area contributed by atoms with Crippen molar-refractivity contribution in [1.82, 2.24) is 20.4 Å². The van der Waals surface area contributed by atoms with Crippen LogP contribution in [0.15, 0.2) is 36.7 Å². The molecule has 0 aliphatic heterocycles. The van der Waals surface area contributed by atoms with Crippen LogP contribution in [-0.4, -0.2) is 41.8 Å². The van der Waals surface area contributed by atoms with Crippen LogP contribution in [0.1, 0.15) is 18.5 Å². The van der Waals surface area contributed by atoms with Crippen LogP contribution < -0.4 is 20.7 Å². The van der Waals surface area contributed by atoms with Crippen LogP contribution in [-0.2, 0) is 16.6 Å². The maximum Gasteiger partial charge on any atom is 0.243 e. The Balaban J connectivity index is 0.00000338. The van der Waals surface area contributed by atoms with Gasteiger partial charge in [0, 0.05) is 24.5 Å². The summed E-state index contributed by atoms with van der Waals surface area (Å²) in [4.78, 5) is 24.2. The van der Waals surface area contributed by atoms with Gasteiger partial charge >= 0.3 is 0 Å². The van der Waals surface area contributed by atoms with Gasteiger partial charge in [-0.3, -0.25) is 14.3 Å². The normalized spacial score (nSPS) is 11.2. The molecule has 1 aromatic heterocycles. The van der Waals surface area contributed by atoms with E-state index in [0.29, 0.717) is 12.3 Å². The first-order valence-electron chi connectivity index (χ1n) is 7.99. The Labute approximate surface area is 158 Å². The summed E-state index contributed by atoms with van der Waals surface area (Å²) < 4.78 is 6.96. The standard InChI is InChI=1S/C17H23N5O3.ClH/c1-4-25-14-7-5-13(6-8-14)21-15(23)10-19-17(24)16(18-2)12-9-20-22(3)11-12;/h5-9,11,16,18H,4,10H2,1-3H3,(H,19,24)(H,21,23);1H. The number of carbonyl (C=O) groups excluding carboxylic acids is 2. The van der Waals surface area contributed by atoms with Crippen molar-refractivity contribution in [3.05, 3.63) is 42.2 Å². The highest BCUT2D eigenvalue weighted by Gasteiger charge is 2.20. The summed E-state index contributed by atoms with van der Waals surface area (Å²) in [7, 11) is 3.45. The zero-order valence-corrected chi connectivity index (χ0v) is 15.8. The highest BCUT2D eigenvalue weighted by molar-refractivity contribution is 5.95. The van der Waals surface area contributed by atoms with E-state index >= 15 is 0 Å². The molecule has 0 radical (unpaired) electrons. The van der Waals surface area contributed by atoms with Gasteiger partial charge < -0.3 is 20.7 Å². The molecule has 142 valence electrons. The predicted molar refractivity (Wildman–Crippen MR) is 102 cm³/mol. The second-order valence-electron chi connectivity index (χ2n) is 5.39. The second-order valence-corrected chi connectivity index (χ2v) is 5.39. The summed E-state index contributed by atoms with van der Waals surface area (Å²) in [6.07, 6.45) is 3.36. The minimum atomic E-state index is -0.563. The summed E-state index contributed by atoms with van der Waals surface area (Å²) in [6, 6.07) is 6.48. The van der Waals surface area contributed by atoms with Gasteiger partial charge in [-0.2, -0.15) is 5.10 Å². The maximum absolute atomic E-state index is 12.3. The van der Waals surface area contributed by atoms with E-state index in [0.717, 1.165) is 11.3 Å². The van der Waals surface area contributed by atoms with E-state index in [1.54, 1.807) is 55.4 Å². The molecule has 0 saturated carbocycles. The van der Waals surface area contributed by atoms with E-state index in [1.807, 2.05) is 6.92 Å². The van der Waals surface area contributed by atoms with E-state index in [2.05, 4.69) is 21.0 Å². The van der Waals surface area contributed by atoms with Crippen molar-refractivity contribution >= 4 is 29.9 Å². The summed E-state index contributed by atoms with van der Waals surface area (Å²) in [5, 5.41) is 12.3. The van der Waals surface area contributed by atoms with Crippen molar-refractivity contribution in [1.29, 1.82) is 0 Å². The molecule has 2 rings (SSSR count). The van der Waals surface area contributed by atoms with Crippen LogP contribution in [0.5, 0.6) is 5.75 Å². The van der Waals surface area contributed by atoms with Gasteiger partial charge in [0.05, 0.1) is 19.3 Å². The van der Waals surface area contributed by atoms with Crippen molar-refractivity contribution in [2.75, 3.05) is 25.5 Å². The van der Waals surface area contributed by atoms with Crippen LogP contribution in [0.3, 0.4) is 0 Å². The van der Waals surface area contributed by atoms with Gasteiger partial charge in [-0.25, -0.2) is 0 Å². The largest absolute Gasteiger partial charge is 0.494 e. The summed E-state index contributed by atoms with van der Waals surface area (Å²) in [5.74, 6) is 0.137. The quantitative estimate of drug-likeness (QED) is 0.639. The first kappa shape index (κ1) is 21.5. The van der Waals surface area contributed by atoms with E-state index < -0.39 is 6.04 Å². The third-order valence-electron chi connectivity index (χ3n) is 3.48. The van der Waals surface area contributed by atoms with E-state index in [4.69, 9.17) is 4.74 Å². The highest BCUT2D eigenvalue weighted by atomic mass is 35.5. The predicted octanol–water partition coefficient (Wildman–Crippen LogP) is 1.26. The number of ether oxygens (including phenoxy) is 1. The zero-order valence-electron chi connectivity index (χ0n) is 15.0. The number of nitrogens with zero attached hydrogens (tertiary/aromatic N) is 2. The van der Waals surface area contributed by atoms with E-state index in [-0.39, 0.29) is 30.8 Å². The lowest BCUT2D eigenvalue weighted by Gasteiger charge is -2.14. The van der Waals surface area contributed by atoms with E-state index in [1.165, 1.54) is 0 Å². The van der Waals surface area contributed by atoms with Gasteiger partial charge in [0.2, 0.25) is 11.8 Å². The number of likely N-dealkylation sites (N-methyl/N-ethyl adjacent to an activating group) is 1. The fraction of sp³-hybridized carbons (Fsp3) is 0.353. The van der Waals surface area contributed by atoms with Crippen molar-refractivity contribution in [2.24, 2.45) is 7.05 Å². The molecule has 9 heteroatoms. The topological polar surface area (TPSA) is 97.3 Å². The maximum atomic E-state index is 12.3. The smallest absolute Gasteiger partial charge is 0.243 e. The number of nitrogens with one attached hydrogen (secondary N) is 3. The average molecular weight is 382 g/mol. The molecule has 2 aromatic rings. The highest BCUT2D eigenvalue weighted by Crippen LogP contribution is 2.15. The second kappa shape index (κ2) is 10.4. The minimum Gasteiger partial charge on any atom is -0.494 e. The van der Waals surface area contributed by atoms with Crippen LogP contribution in [0.2, 0.25) is 0 Å². The lowest BCUT2D eigenvalue weighted by molar-refractivity contribution is -0.125. The Bertz CT molecular complexity index is 717. The third-order valence-corrected chi connectivity index (χ3v) is 3.48. The molecule has 1 heterocycles. The van der Waals surface area contributed by atoms with Crippen molar-refractivity contribution in [2.45, 2.75) is 13.0 Å². The summed E-state index contributed by atoms with van der Waals surface area (Å²) >= 11 is 0. The Kier molecular flexibility index (Phi) is 8.60. The molecule has 1 atom stereocenters. The van der Waals surface area contributed by atoms with Crippen LogP contribution in [0.25, 0.3) is 0 Å². The minimum absolute atomic E-state index is 0. The Morgan fingerprint density at radius 3 is 2.50 bits per heavy atom. The van der Waals surface area contributed by atoms with Crippen LogP contribution >= 0.6 is 12.4 Å². The van der Waals surface area contributed by atoms with Crippen molar-refractivity contribution in [3.8, 4) is 5.75 Å². The first-order chi connectivity index (χ1) is 12.0. The van der Waals surface area contributed by atoms with Gasteiger partial charge in [-0.05, 0) is 38.2 Å². The molecule has 0 bridgehead atoms. The SMILES string of the molecule is CCOc1ccc(NC(=O)CNC(=O)C(NC)c2cnn(C)c2)cc1.Cl. The number of aryl methyl sites for hydroxylation is 1. The fourth-order valence-corrected chi connectivity index (χ4v) is 2.31. The van der Waals surface area contributed by atoms with Gasteiger partial charge in [0.15, 0.2) is 0 Å². The summed E-state index contributed by atoms with van der Waals surface area (Å²) in [5.41, 5.74) is 1.37. The number of benzene rings is 1. The number of anilines is 1. The lowest BCUT2D eigenvalue weighted by Crippen LogP contribution is -2.39. The van der Waals surface area contributed by atoms with Crippen molar-refractivity contribution in [3.63, 3.8) is 0 Å². The van der Waals surface area contributed by atoms with Crippen LogP contribution in [0.4, 0.5) is 5.69 Å². The van der Waals surface area contributed by atoms with Gasteiger partial charge in [-0.1, -0.05) is 0 Å².